The molecule has 0 bridgehead atoms. The van der Waals surface area contributed by atoms with Gasteiger partial charge in [0, 0.05) is 28.4 Å². The minimum atomic E-state index is 0.766. The van der Waals surface area contributed by atoms with Gasteiger partial charge < -0.3 is 9.73 Å². The van der Waals surface area contributed by atoms with Crippen LogP contribution in [0.15, 0.2) is 34.9 Å². The van der Waals surface area contributed by atoms with Crippen LogP contribution in [0.25, 0.3) is 11.5 Å². The molecule has 3 rings (SSSR count). The Bertz CT molecular complexity index is 695. The molecule has 0 aliphatic carbocycles. The maximum absolute atomic E-state index is 5.64. The molecule has 104 valence electrons. The molecule has 3 aromatic heterocycles. The smallest absolute Gasteiger partial charge is 0.152 e. The topological polar surface area (TPSA) is 53.9 Å². The van der Waals surface area contributed by atoms with Crippen LogP contribution in [0.4, 0.5) is 0 Å². The van der Waals surface area contributed by atoms with E-state index in [1.54, 1.807) is 0 Å². The highest BCUT2D eigenvalue weighted by atomic mass is 32.1. The highest BCUT2D eigenvalue weighted by Gasteiger charge is 2.10. The van der Waals surface area contributed by atoms with Crippen molar-refractivity contribution in [1.29, 1.82) is 0 Å². The zero-order valence-electron chi connectivity index (χ0n) is 11.6. The number of rotatable bonds is 5. The molecular weight excluding hydrogens is 270 g/mol. The Morgan fingerprint density at radius 3 is 2.80 bits per heavy atom. The Hall–Kier alpha value is -1.85. The van der Waals surface area contributed by atoms with Crippen molar-refractivity contribution in [2.45, 2.75) is 26.9 Å². The average molecular weight is 287 g/mol. The summed E-state index contributed by atoms with van der Waals surface area (Å²) >= 11 is 1.82. The lowest BCUT2D eigenvalue weighted by Crippen LogP contribution is -2.11. The summed E-state index contributed by atoms with van der Waals surface area (Å²) in [5, 5.41) is 10.6. The lowest BCUT2D eigenvalue weighted by Gasteiger charge is -2.03. The number of nitrogens with one attached hydrogen (secondary N) is 2. The molecule has 0 aromatic carbocycles. The Morgan fingerprint density at radius 1 is 1.20 bits per heavy atom. The normalized spacial score (nSPS) is 11.1. The molecule has 0 aliphatic heterocycles. The zero-order valence-corrected chi connectivity index (χ0v) is 12.4. The molecule has 20 heavy (non-hydrogen) atoms. The predicted octanol–water partition coefficient (Wildman–Crippen LogP) is 3.64. The number of hydrogen-bond acceptors (Lipinski definition) is 4. The summed E-state index contributed by atoms with van der Waals surface area (Å²) in [5.41, 5.74) is 2.07. The van der Waals surface area contributed by atoms with Crippen LogP contribution >= 0.6 is 11.3 Å². The van der Waals surface area contributed by atoms with E-state index in [9.17, 15) is 0 Å². The van der Waals surface area contributed by atoms with Crippen LogP contribution in [0.3, 0.4) is 0 Å². The van der Waals surface area contributed by atoms with Gasteiger partial charge in [0.15, 0.2) is 5.76 Å². The van der Waals surface area contributed by atoms with E-state index in [1.165, 1.54) is 9.75 Å². The first-order valence-electron chi connectivity index (χ1n) is 6.57. The van der Waals surface area contributed by atoms with Gasteiger partial charge in [0.05, 0.1) is 6.20 Å². The third-order valence-corrected chi connectivity index (χ3v) is 4.12. The molecule has 3 aromatic rings. The maximum atomic E-state index is 5.64. The molecule has 0 aliphatic rings. The van der Waals surface area contributed by atoms with E-state index in [0.717, 1.165) is 35.9 Å². The summed E-state index contributed by atoms with van der Waals surface area (Å²) in [6.45, 7) is 5.71. The zero-order chi connectivity index (χ0) is 13.9. The molecule has 0 saturated heterocycles. The molecule has 5 heteroatoms. The van der Waals surface area contributed by atoms with Crippen LogP contribution in [0, 0.1) is 13.8 Å². The molecule has 3 heterocycles. The Labute approximate surface area is 121 Å². The van der Waals surface area contributed by atoms with Crippen molar-refractivity contribution >= 4 is 11.3 Å². The van der Waals surface area contributed by atoms with E-state index in [2.05, 4.69) is 34.6 Å². The van der Waals surface area contributed by atoms with Gasteiger partial charge in [0.1, 0.15) is 11.5 Å². The number of hydrogen-bond donors (Lipinski definition) is 2. The lowest BCUT2D eigenvalue weighted by molar-refractivity contribution is 0.545. The summed E-state index contributed by atoms with van der Waals surface area (Å²) in [5.74, 6) is 1.74. The molecular formula is C15H17N3OS. The van der Waals surface area contributed by atoms with Gasteiger partial charge in [0.2, 0.25) is 0 Å². The van der Waals surface area contributed by atoms with Crippen molar-refractivity contribution < 1.29 is 4.42 Å². The van der Waals surface area contributed by atoms with Crippen LogP contribution < -0.4 is 5.32 Å². The summed E-state index contributed by atoms with van der Waals surface area (Å²) in [6.07, 6.45) is 1.85. The number of aromatic amines is 1. The second kappa shape index (κ2) is 5.64. The van der Waals surface area contributed by atoms with E-state index in [-0.39, 0.29) is 0 Å². The second-order valence-corrected chi connectivity index (χ2v) is 6.17. The van der Waals surface area contributed by atoms with E-state index in [4.69, 9.17) is 4.42 Å². The van der Waals surface area contributed by atoms with Crippen molar-refractivity contribution in [2.75, 3.05) is 0 Å². The fraction of sp³-hybridized carbons (Fsp3) is 0.267. The highest BCUT2D eigenvalue weighted by molar-refractivity contribution is 7.11. The SMILES string of the molecule is Cc1ccc(-c2[nH]ncc2CNCc2ccc(C)s2)o1. The van der Waals surface area contributed by atoms with E-state index in [1.807, 2.05) is 36.6 Å². The number of furan rings is 1. The molecule has 0 spiro atoms. The van der Waals surface area contributed by atoms with Gasteiger partial charge in [-0.25, -0.2) is 0 Å². The minimum Gasteiger partial charge on any atom is -0.460 e. The number of aromatic nitrogens is 2. The Morgan fingerprint density at radius 2 is 2.10 bits per heavy atom. The van der Waals surface area contributed by atoms with Gasteiger partial charge in [-0.2, -0.15) is 5.10 Å². The average Bonchev–Trinajstić information content (AvgIpc) is 3.11. The first-order chi connectivity index (χ1) is 9.72. The number of thiophene rings is 1. The van der Waals surface area contributed by atoms with Crippen LogP contribution in [-0.2, 0) is 13.1 Å². The van der Waals surface area contributed by atoms with Crippen LogP contribution in [-0.4, -0.2) is 10.2 Å². The van der Waals surface area contributed by atoms with Crippen molar-refractivity contribution in [3.05, 3.63) is 51.5 Å². The third kappa shape index (κ3) is 2.84. The quantitative estimate of drug-likeness (QED) is 0.753. The van der Waals surface area contributed by atoms with Gasteiger partial charge in [-0.1, -0.05) is 0 Å². The molecule has 0 atom stereocenters. The number of nitrogens with zero attached hydrogens (tertiary/aromatic N) is 1. The van der Waals surface area contributed by atoms with Crippen molar-refractivity contribution in [1.82, 2.24) is 15.5 Å². The molecule has 0 amide bonds. The largest absolute Gasteiger partial charge is 0.460 e. The summed E-state index contributed by atoms with van der Waals surface area (Å²) < 4.78 is 5.64. The molecule has 0 radical (unpaired) electrons. The van der Waals surface area contributed by atoms with Crippen molar-refractivity contribution in [3.63, 3.8) is 0 Å². The summed E-state index contributed by atoms with van der Waals surface area (Å²) in [7, 11) is 0. The molecule has 0 saturated carbocycles. The van der Waals surface area contributed by atoms with E-state index < -0.39 is 0 Å². The third-order valence-electron chi connectivity index (χ3n) is 3.12. The fourth-order valence-electron chi connectivity index (χ4n) is 2.13. The second-order valence-electron chi connectivity index (χ2n) is 4.80. The van der Waals surface area contributed by atoms with Crippen LogP contribution in [0.5, 0.6) is 0 Å². The van der Waals surface area contributed by atoms with Gasteiger partial charge >= 0.3 is 0 Å². The van der Waals surface area contributed by atoms with Crippen LogP contribution in [0.1, 0.15) is 21.1 Å². The fourth-order valence-corrected chi connectivity index (χ4v) is 2.99. The summed E-state index contributed by atoms with van der Waals surface area (Å²) in [4.78, 5) is 2.69. The van der Waals surface area contributed by atoms with Crippen LogP contribution in [0.2, 0.25) is 0 Å². The Balaban J connectivity index is 1.65. The summed E-state index contributed by atoms with van der Waals surface area (Å²) in [6, 6.07) is 8.24. The monoisotopic (exact) mass is 287 g/mol. The minimum absolute atomic E-state index is 0.766. The molecule has 0 unspecified atom stereocenters. The standard InChI is InChI=1S/C15H17N3OS/c1-10-3-6-14(19-10)15-12(8-17-18-15)7-16-9-13-5-4-11(2)20-13/h3-6,8,16H,7,9H2,1-2H3,(H,17,18). The van der Waals surface area contributed by atoms with Gasteiger partial charge in [-0.05, 0) is 38.1 Å². The molecule has 2 N–H and O–H groups in total. The maximum Gasteiger partial charge on any atom is 0.152 e. The number of H-pyrrole nitrogens is 1. The number of aryl methyl sites for hydroxylation is 2. The highest BCUT2D eigenvalue weighted by Crippen LogP contribution is 2.23. The van der Waals surface area contributed by atoms with Crippen molar-refractivity contribution in [2.24, 2.45) is 0 Å². The van der Waals surface area contributed by atoms with Gasteiger partial charge in [-0.3, -0.25) is 5.10 Å². The first-order valence-corrected chi connectivity index (χ1v) is 7.39. The predicted molar refractivity (Wildman–Crippen MR) is 80.6 cm³/mol. The van der Waals surface area contributed by atoms with Crippen molar-refractivity contribution in [3.8, 4) is 11.5 Å². The molecule has 0 fully saturated rings. The van der Waals surface area contributed by atoms with Gasteiger partial charge in [0.25, 0.3) is 0 Å². The first kappa shape index (κ1) is 13.1. The van der Waals surface area contributed by atoms with Gasteiger partial charge in [-0.15, -0.1) is 11.3 Å². The lowest BCUT2D eigenvalue weighted by atomic mass is 10.2. The van der Waals surface area contributed by atoms with E-state index in [0.29, 0.717) is 0 Å². The van der Waals surface area contributed by atoms with E-state index >= 15 is 0 Å². The molecule has 4 nitrogen and oxygen atoms in total. The Kier molecular flexibility index (Phi) is 3.71.